The molecule has 93 heavy (non-hydrogen) atoms. The van der Waals surface area contributed by atoms with Gasteiger partial charge < -0.3 is 20.3 Å². The minimum Gasteiger partial charge on any atom is -0.466 e. The lowest BCUT2D eigenvalue weighted by Crippen LogP contribution is -2.45. The van der Waals surface area contributed by atoms with Gasteiger partial charge in [0.05, 0.1) is 25.4 Å². The van der Waals surface area contributed by atoms with E-state index >= 15 is 0 Å². The fourth-order valence-corrected chi connectivity index (χ4v) is 13.9. The molecule has 0 saturated heterocycles. The van der Waals surface area contributed by atoms with Crippen molar-refractivity contribution in [3.63, 3.8) is 0 Å². The Morgan fingerprint density at radius 3 is 0.763 bits per heavy atom. The van der Waals surface area contributed by atoms with Crippen molar-refractivity contribution in [3.8, 4) is 0 Å². The van der Waals surface area contributed by atoms with Crippen molar-refractivity contribution in [2.75, 3.05) is 13.2 Å². The van der Waals surface area contributed by atoms with Crippen molar-refractivity contribution in [1.82, 2.24) is 5.32 Å². The first kappa shape index (κ1) is 91.3. The van der Waals surface area contributed by atoms with E-state index in [1.807, 2.05) is 6.08 Å². The molecule has 0 aliphatic heterocycles. The zero-order valence-corrected chi connectivity index (χ0v) is 63.5. The van der Waals surface area contributed by atoms with Gasteiger partial charge in [0, 0.05) is 12.8 Å². The number of unbranched alkanes of at least 4 members (excludes halogenated alkanes) is 69. The summed E-state index contributed by atoms with van der Waals surface area (Å²) in [5.41, 5.74) is 0. The van der Waals surface area contributed by atoms with Crippen LogP contribution in [0, 0.1) is 0 Å². The van der Waals surface area contributed by atoms with Gasteiger partial charge in [-0.2, -0.15) is 0 Å². The standard InChI is InChI=1S/C87H169NO5/c1-3-5-7-9-11-13-15-17-19-21-23-24-25-34-37-40-44-47-51-55-59-63-67-71-75-79-85(90)84(83-89)88-86(91)80-76-72-68-64-60-56-52-48-45-41-38-35-32-30-28-26-27-29-31-33-36-39-42-46-50-54-58-62-66-70-74-78-82-93-87(92)81-77-73-69-65-61-57-53-49-43-22-20-18-16-14-12-10-8-6-4-2/h29,31,75,79,84-85,89-90H,3-28,30,32-74,76-78,80-83H2,1-2H3,(H,88,91)/b31-29-,79-75+. The van der Waals surface area contributed by atoms with Gasteiger partial charge in [-0.25, -0.2) is 0 Å². The second kappa shape index (κ2) is 82.8. The Kier molecular flexibility index (Phi) is 81.3. The summed E-state index contributed by atoms with van der Waals surface area (Å²) in [5, 5.41) is 23.3. The van der Waals surface area contributed by atoms with Crippen molar-refractivity contribution >= 4 is 11.9 Å². The Morgan fingerprint density at radius 1 is 0.290 bits per heavy atom. The number of amides is 1. The normalized spacial score (nSPS) is 12.5. The molecule has 0 spiro atoms. The minimum atomic E-state index is -0.844. The number of allylic oxidation sites excluding steroid dienone is 3. The lowest BCUT2D eigenvalue weighted by molar-refractivity contribution is -0.143. The number of hydrogen-bond acceptors (Lipinski definition) is 5. The van der Waals surface area contributed by atoms with Crippen molar-refractivity contribution in [1.29, 1.82) is 0 Å². The van der Waals surface area contributed by atoms with E-state index < -0.39 is 12.1 Å². The van der Waals surface area contributed by atoms with Crippen LogP contribution in [0.4, 0.5) is 0 Å². The van der Waals surface area contributed by atoms with Crippen LogP contribution in [-0.2, 0) is 14.3 Å². The van der Waals surface area contributed by atoms with E-state index in [0.717, 1.165) is 38.5 Å². The number of nitrogens with one attached hydrogen (secondary N) is 1. The third-order valence-corrected chi connectivity index (χ3v) is 20.5. The van der Waals surface area contributed by atoms with Gasteiger partial charge in [-0.1, -0.05) is 449 Å². The lowest BCUT2D eigenvalue weighted by atomic mass is 10.0. The summed E-state index contributed by atoms with van der Waals surface area (Å²) in [7, 11) is 0. The summed E-state index contributed by atoms with van der Waals surface area (Å²) >= 11 is 0. The molecule has 0 aliphatic rings. The van der Waals surface area contributed by atoms with Crippen LogP contribution in [0.3, 0.4) is 0 Å². The first-order valence-corrected chi connectivity index (χ1v) is 43.1. The van der Waals surface area contributed by atoms with E-state index in [1.54, 1.807) is 6.08 Å². The molecule has 0 aromatic heterocycles. The van der Waals surface area contributed by atoms with Crippen LogP contribution in [0.25, 0.3) is 0 Å². The van der Waals surface area contributed by atoms with Crippen LogP contribution >= 0.6 is 0 Å². The van der Waals surface area contributed by atoms with Gasteiger partial charge in [-0.15, -0.1) is 0 Å². The molecule has 0 saturated carbocycles. The molecule has 6 heteroatoms. The molecule has 6 nitrogen and oxygen atoms in total. The summed E-state index contributed by atoms with van der Waals surface area (Å²) in [6.07, 6.45) is 108. The van der Waals surface area contributed by atoms with Gasteiger partial charge in [-0.3, -0.25) is 9.59 Å². The van der Waals surface area contributed by atoms with E-state index in [9.17, 15) is 19.8 Å². The summed E-state index contributed by atoms with van der Waals surface area (Å²) in [5.74, 6) is -0.0354. The highest BCUT2D eigenvalue weighted by molar-refractivity contribution is 5.76. The number of hydrogen-bond donors (Lipinski definition) is 3. The van der Waals surface area contributed by atoms with Gasteiger partial charge in [0.1, 0.15) is 0 Å². The first-order valence-electron chi connectivity index (χ1n) is 43.1. The first-order chi connectivity index (χ1) is 46.0. The van der Waals surface area contributed by atoms with Crippen LogP contribution in [0.5, 0.6) is 0 Å². The van der Waals surface area contributed by atoms with Crippen molar-refractivity contribution < 1.29 is 24.5 Å². The number of carbonyl (C=O) groups is 2. The van der Waals surface area contributed by atoms with Gasteiger partial charge in [0.2, 0.25) is 5.91 Å². The van der Waals surface area contributed by atoms with Crippen molar-refractivity contribution in [3.05, 3.63) is 24.3 Å². The maximum absolute atomic E-state index is 12.6. The maximum Gasteiger partial charge on any atom is 0.305 e. The number of ether oxygens (including phenoxy) is 1. The molecule has 0 heterocycles. The molecule has 2 atom stereocenters. The number of aliphatic hydroxyl groups excluding tert-OH is 2. The molecular weight excluding hydrogens is 1140 g/mol. The quantitative estimate of drug-likeness (QED) is 0.0320. The highest BCUT2D eigenvalue weighted by Gasteiger charge is 2.18. The lowest BCUT2D eigenvalue weighted by Gasteiger charge is -2.20. The van der Waals surface area contributed by atoms with Crippen LogP contribution in [0.2, 0.25) is 0 Å². The number of aliphatic hydroxyl groups is 2. The predicted molar refractivity (Wildman–Crippen MR) is 412 cm³/mol. The van der Waals surface area contributed by atoms with Crippen LogP contribution in [0.1, 0.15) is 495 Å². The molecule has 0 fully saturated rings. The molecule has 0 aliphatic carbocycles. The van der Waals surface area contributed by atoms with Crippen LogP contribution in [0.15, 0.2) is 24.3 Å². The maximum atomic E-state index is 12.6. The highest BCUT2D eigenvalue weighted by atomic mass is 16.5. The fraction of sp³-hybridized carbons (Fsp3) is 0.931. The Balaban J connectivity index is 3.36. The average molecular weight is 1310 g/mol. The number of esters is 1. The smallest absolute Gasteiger partial charge is 0.305 e. The number of carbonyl (C=O) groups excluding carboxylic acids is 2. The molecule has 2 unspecified atom stereocenters. The molecule has 0 aromatic carbocycles. The van der Waals surface area contributed by atoms with Gasteiger partial charge in [0.25, 0.3) is 0 Å². The van der Waals surface area contributed by atoms with Gasteiger partial charge in [0.15, 0.2) is 0 Å². The monoisotopic (exact) mass is 1310 g/mol. The zero-order valence-electron chi connectivity index (χ0n) is 63.5. The SMILES string of the molecule is CCCCCCCCCCCCCCCCCCCCCCCCC/C=C/C(O)C(CO)NC(=O)CCCCCCCCCCCCCCCCCC/C=C\CCCCCCCCCCCCCCOC(=O)CCCCCCCCCCCCCCCCCCCCC. The van der Waals surface area contributed by atoms with E-state index in [2.05, 4.69) is 31.3 Å². The van der Waals surface area contributed by atoms with Crippen molar-refractivity contribution in [2.45, 2.75) is 508 Å². The molecule has 552 valence electrons. The molecule has 0 bridgehead atoms. The zero-order chi connectivity index (χ0) is 67.0. The van der Waals surface area contributed by atoms with Gasteiger partial charge in [-0.05, 0) is 57.8 Å². The Hall–Kier alpha value is -1.66. The third kappa shape index (κ3) is 79.2. The second-order valence-electron chi connectivity index (χ2n) is 29.9. The van der Waals surface area contributed by atoms with E-state index in [4.69, 9.17) is 4.74 Å². The highest BCUT2D eigenvalue weighted by Crippen LogP contribution is 2.21. The van der Waals surface area contributed by atoms with Crippen molar-refractivity contribution in [2.24, 2.45) is 0 Å². The van der Waals surface area contributed by atoms with E-state index in [-0.39, 0.29) is 18.5 Å². The molecule has 0 aromatic rings. The predicted octanol–water partition coefficient (Wildman–Crippen LogP) is 28.8. The second-order valence-corrected chi connectivity index (χ2v) is 29.9. The molecule has 1 amide bonds. The molecule has 3 N–H and O–H groups in total. The summed E-state index contributed by atoms with van der Waals surface area (Å²) in [6.45, 7) is 4.97. The fourth-order valence-electron chi connectivity index (χ4n) is 13.9. The topological polar surface area (TPSA) is 95.9 Å². The third-order valence-electron chi connectivity index (χ3n) is 20.5. The average Bonchev–Trinajstić information content (AvgIpc) is 3.78. The van der Waals surface area contributed by atoms with E-state index in [0.29, 0.717) is 19.4 Å². The minimum absolute atomic E-state index is 0.0241. The Morgan fingerprint density at radius 2 is 0.505 bits per heavy atom. The largest absolute Gasteiger partial charge is 0.466 e. The summed E-state index contributed by atoms with van der Waals surface area (Å²) in [4.78, 5) is 24.7. The van der Waals surface area contributed by atoms with E-state index in [1.165, 1.54) is 430 Å². The summed E-state index contributed by atoms with van der Waals surface area (Å²) in [6, 6.07) is -0.628. The molecule has 0 rings (SSSR count). The number of rotatable bonds is 82. The van der Waals surface area contributed by atoms with Crippen LogP contribution < -0.4 is 5.32 Å². The van der Waals surface area contributed by atoms with Crippen LogP contribution in [-0.4, -0.2) is 47.4 Å². The van der Waals surface area contributed by atoms with Gasteiger partial charge >= 0.3 is 5.97 Å². The Bertz CT molecular complexity index is 1460. The summed E-state index contributed by atoms with van der Waals surface area (Å²) < 4.78 is 5.52. The molecule has 0 radical (unpaired) electrons. The molecular formula is C87H169NO5. The Labute approximate surface area is 583 Å².